The lowest BCUT2D eigenvalue weighted by molar-refractivity contribution is 0.492. The molecule has 0 heterocycles. The maximum atomic E-state index is 11.2. The van der Waals surface area contributed by atoms with E-state index in [1.54, 1.807) is 24.3 Å². The lowest BCUT2D eigenvalue weighted by atomic mass is 10.1. The van der Waals surface area contributed by atoms with Crippen molar-refractivity contribution in [2.75, 3.05) is 5.43 Å². The Bertz CT molecular complexity index is 616. The van der Waals surface area contributed by atoms with Gasteiger partial charge in [0.2, 0.25) is 0 Å². The number of para-hydroxylation sites is 1. The minimum absolute atomic E-state index is 0.173. The minimum atomic E-state index is -4.24. The summed E-state index contributed by atoms with van der Waals surface area (Å²) in [5, 5.41) is 4.01. The van der Waals surface area contributed by atoms with Crippen molar-refractivity contribution < 1.29 is 13.0 Å². The molecule has 18 heavy (non-hydrogen) atoms. The lowest BCUT2D eigenvalue weighted by Crippen LogP contribution is -2.15. The number of hydrogen-bond donors (Lipinski definition) is 2. The summed E-state index contributed by atoms with van der Waals surface area (Å²) >= 11 is 0. The first-order valence-corrected chi connectivity index (χ1v) is 6.74. The van der Waals surface area contributed by atoms with Gasteiger partial charge in [0.15, 0.2) is 0 Å². The normalized spacial score (nSPS) is 17.6. The monoisotopic (exact) mass is 264 g/mol. The number of anilines is 1. The van der Waals surface area contributed by atoms with Crippen LogP contribution >= 0.6 is 0 Å². The van der Waals surface area contributed by atoms with E-state index in [2.05, 4.69) is 10.5 Å². The zero-order valence-electron chi connectivity index (χ0n) is 9.45. The average Bonchev–Trinajstić information content (AvgIpc) is 2.37. The standard InChI is InChI=1S/C12H12N2O3S/c15-18(16,17)12-9-5-4-8-11(12)14-13-10-6-2-1-3-7-10/h1-7,9,13H,8H2,(H,15,16,17). The number of rotatable bonds is 3. The fraction of sp³-hybridized carbons (Fsp3) is 0.0833. The summed E-state index contributed by atoms with van der Waals surface area (Å²) in [5.74, 6) is 0. The molecule has 1 aromatic rings. The molecule has 0 aromatic heterocycles. The molecule has 0 saturated carbocycles. The third kappa shape index (κ3) is 3.06. The van der Waals surface area contributed by atoms with Crippen LogP contribution in [0.4, 0.5) is 5.69 Å². The molecule has 2 N–H and O–H groups in total. The fourth-order valence-corrected chi connectivity index (χ4v) is 2.19. The maximum absolute atomic E-state index is 11.2. The Balaban J connectivity index is 2.23. The number of benzene rings is 1. The van der Waals surface area contributed by atoms with E-state index < -0.39 is 10.1 Å². The summed E-state index contributed by atoms with van der Waals surface area (Å²) in [6.07, 6.45) is 5.01. The molecular weight excluding hydrogens is 252 g/mol. The van der Waals surface area contributed by atoms with Crippen molar-refractivity contribution in [3.63, 3.8) is 0 Å². The maximum Gasteiger partial charge on any atom is 0.296 e. The molecule has 6 heteroatoms. The van der Waals surface area contributed by atoms with Crippen LogP contribution in [0.25, 0.3) is 0 Å². The molecule has 2 rings (SSSR count). The second-order valence-corrected chi connectivity index (χ2v) is 5.06. The van der Waals surface area contributed by atoms with Crippen molar-refractivity contribution in [1.82, 2.24) is 0 Å². The first-order chi connectivity index (χ1) is 8.57. The zero-order valence-corrected chi connectivity index (χ0v) is 10.3. The second-order valence-electron chi connectivity index (χ2n) is 3.67. The van der Waals surface area contributed by atoms with Crippen LogP contribution in [0.1, 0.15) is 6.42 Å². The van der Waals surface area contributed by atoms with Crippen LogP contribution in [0.5, 0.6) is 0 Å². The van der Waals surface area contributed by atoms with Gasteiger partial charge in [-0.25, -0.2) is 0 Å². The summed E-state index contributed by atoms with van der Waals surface area (Å²) in [7, 11) is -4.24. The smallest absolute Gasteiger partial charge is 0.282 e. The van der Waals surface area contributed by atoms with E-state index in [4.69, 9.17) is 4.55 Å². The van der Waals surface area contributed by atoms with Crippen molar-refractivity contribution in [2.24, 2.45) is 5.10 Å². The van der Waals surface area contributed by atoms with Crippen molar-refractivity contribution in [2.45, 2.75) is 6.42 Å². The number of hydrazone groups is 1. The van der Waals surface area contributed by atoms with Gasteiger partial charge in [0.05, 0.1) is 11.4 Å². The molecule has 1 aliphatic rings. The van der Waals surface area contributed by atoms with Gasteiger partial charge in [-0.3, -0.25) is 9.98 Å². The van der Waals surface area contributed by atoms with Crippen LogP contribution in [-0.4, -0.2) is 18.7 Å². The Labute approximate surface area is 105 Å². The number of allylic oxidation sites excluding steroid dienone is 4. The van der Waals surface area contributed by atoms with Crippen LogP contribution < -0.4 is 5.43 Å². The summed E-state index contributed by atoms with van der Waals surface area (Å²) in [4.78, 5) is -0.173. The summed E-state index contributed by atoms with van der Waals surface area (Å²) in [6, 6.07) is 9.15. The second kappa shape index (κ2) is 5.16. The van der Waals surface area contributed by atoms with Crippen molar-refractivity contribution in [3.8, 4) is 0 Å². The fourth-order valence-electron chi connectivity index (χ4n) is 1.51. The number of hydrogen-bond acceptors (Lipinski definition) is 4. The van der Waals surface area contributed by atoms with Gasteiger partial charge in [0.25, 0.3) is 10.1 Å². The van der Waals surface area contributed by atoms with Gasteiger partial charge in [0, 0.05) is 6.42 Å². The van der Waals surface area contributed by atoms with E-state index in [0.717, 1.165) is 5.69 Å². The number of nitrogens with one attached hydrogen (secondary N) is 1. The first kappa shape index (κ1) is 12.5. The van der Waals surface area contributed by atoms with Gasteiger partial charge in [-0.2, -0.15) is 13.5 Å². The molecule has 0 aliphatic heterocycles. The molecule has 0 atom stereocenters. The molecule has 0 spiro atoms. The van der Waals surface area contributed by atoms with E-state index in [-0.39, 0.29) is 10.6 Å². The Kier molecular flexibility index (Phi) is 3.59. The zero-order chi connectivity index (χ0) is 13.0. The molecule has 5 nitrogen and oxygen atoms in total. The molecule has 0 bridgehead atoms. The lowest BCUT2D eigenvalue weighted by Gasteiger charge is -2.10. The van der Waals surface area contributed by atoms with Crippen molar-refractivity contribution in [3.05, 3.63) is 53.5 Å². The third-order valence-electron chi connectivity index (χ3n) is 2.35. The highest BCUT2D eigenvalue weighted by Gasteiger charge is 2.20. The predicted molar refractivity (Wildman–Crippen MR) is 70.9 cm³/mol. The van der Waals surface area contributed by atoms with Gasteiger partial charge in [0.1, 0.15) is 4.91 Å². The van der Waals surface area contributed by atoms with E-state index in [1.165, 1.54) is 6.08 Å². The van der Waals surface area contributed by atoms with Gasteiger partial charge in [-0.1, -0.05) is 30.4 Å². The molecule has 0 unspecified atom stereocenters. The SMILES string of the molecule is O=S(=O)(O)C1=CC=CCC1=NNc1ccccc1. The van der Waals surface area contributed by atoms with Gasteiger partial charge >= 0.3 is 0 Å². The summed E-state index contributed by atoms with van der Waals surface area (Å²) in [6.45, 7) is 0. The topological polar surface area (TPSA) is 78.8 Å². The molecule has 1 aliphatic carbocycles. The Morgan fingerprint density at radius 3 is 2.61 bits per heavy atom. The average molecular weight is 264 g/mol. The summed E-state index contributed by atoms with van der Waals surface area (Å²) < 4.78 is 31.4. The van der Waals surface area contributed by atoms with Gasteiger partial charge in [-0.05, 0) is 18.2 Å². The van der Waals surface area contributed by atoms with Crippen LogP contribution in [0.3, 0.4) is 0 Å². The van der Waals surface area contributed by atoms with E-state index in [9.17, 15) is 8.42 Å². The van der Waals surface area contributed by atoms with Crippen molar-refractivity contribution in [1.29, 1.82) is 0 Å². The number of nitrogens with zero attached hydrogens (tertiary/aromatic N) is 1. The van der Waals surface area contributed by atoms with E-state index in [0.29, 0.717) is 6.42 Å². The Morgan fingerprint density at radius 2 is 1.94 bits per heavy atom. The van der Waals surface area contributed by atoms with Crippen molar-refractivity contribution >= 4 is 21.5 Å². The molecule has 94 valence electrons. The minimum Gasteiger partial charge on any atom is -0.282 e. The third-order valence-corrected chi connectivity index (χ3v) is 3.28. The highest BCUT2D eigenvalue weighted by Crippen LogP contribution is 2.16. The quantitative estimate of drug-likeness (QED) is 0.648. The van der Waals surface area contributed by atoms with Crippen LogP contribution in [-0.2, 0) is 10.1 Å². The van der Waals surface area contributed by atoms with Gasteiger partial charge in [-0.15, -0.1) is 0 Å². The highest BCUT2D eigenvalue weighted by atomic mass is 32.2. The molecule has 1 aromatic carbocycles. The van der Waals surface area contributed by atoms with E-state index >= 15 is 0 Å². The molecular formula is C12H12N2O3S. The molecule has 0 saturated heterocycles. The van der Waals surface area contributed by atoms with Crippen LogP contribution in [0.15, 0.2) is 58.6 Å². The molecule has 0 fully saturated rings. The Hall–Kier alpha value is -1.92. The largest absolute Gasteiger partial charge is 0.296 e. The Morgan fingerprint density at radius 1 is 1.22 bits per heavy atom. The molecule has 0 radical (unpaired) electrons. The summed E-state index contributed by atoms with van der Waals surface area (Å²) in [5.41, 5.74) is 3.78. The van der Waals surface area contributed by atoms with Crippen LogP contribution in [0.2, 0.25) is 0 Å². The first-order valence-electron chi connectivity index (χ1n) is 5.30. The van der Waals surface area contributed by atoms with E-state index in [1.807, 2.05) is 18.2 Å². The highest BCUT2D eigenvalue weighted by molar-refractivity contribution is 7.90. The predicted octanol–water partition coefficient (Wildman–Crippen LogP) is 2.19. The molecule has 0 amide bonds. The van der Waals surface area contributed by atoms with Gasteiger partial charge < -0.3 is 0 Å². The van der Waals surface area contributed by atoms with Crippen LogP contribution in [0, 0.1) is 0 Å².